The van der Waals surface area contributed by atoms with E-state index in [2.05, 4.69) is 22.2 Å². The number of benzene rings is 1. The first-order valence-electron chi connectivity index (χ1n) is 8.87. The number of hydrogen-bond donors (Lipinski definition) is 1. The molecule has 1 spiro atoms. The lowest BCUT2D eigenvalue weighted by Gasteiger charge is -2.18. The van der Waals surface area contributed by atoms with Crippen LogP contribution in [0.4, 0.5) is 0 Å². The lowest BCUT2D eigenvalue weighted by Crippen LogP contribution is -2.30. The molecule has 6 rings (SSSR count). The number of rotatable bonds is 2. The van der Waals surface area contributed by atoms with Crippen molar-refractivity contribution in [3.05, 3.63) is 48.2 Å². The van der Waals surface area contributed by atoms with Crippen LogP contribution in [-0.4, -0.2) is 28.0 Å². The number of carbonyl (C=O) groups is 2. The maximum atomic E-state index is 12.9. The predicted octanol–water partition coefficient (Wildman–Crippen LogP) is 2.70. The summed E-state index contributed by atoms with van der Waals surface area (Å²) in [6.07, 6.45) is 10.1. The highest BCUT2D eigenvalue weighted by molar-refractivity contribution is 6.08. The van der Waals surface area contributed by atoms with E-state index in [0.717, 1.165) is 34.3 Å². The predicted molar refractivity (Wildman–Crippen MR) is 92.5 cm³/mol. The van der Waals surface area contributed by atoms with E-state index in [1.807, 2.05) is 30.5 Å². The third kappa shape index (κ3) is 1.52. The molecule has 2 amide bonds. The number of fused-ring (bicyclic) bond motifs is 4. The van der Waals surface area contributed by atoms with Crippen LogP contribution in [0.3, 0.4) is 0 Å². The van der Waals surface area contributed by atoms with Crippen LogP contribution in [0.15, 0.2) is 47.7 Å². The molecule has 2 saturated carbocycles. The summed E-state index contributed by atoms with van der Waals surface area (Å²) in [4.78, 5) is 28.9. The molecule has 1 saturated heterocycles. The molecule has 2 heterocycles. The van der Waals surface area contributed by atoms with Gasteiger partial charge in [0.15, 0.2) is 0 Å². The van der Waals surface area contributed by atoms with Gasteiger partial charge in [0.25, 0.3) is 11.8 Å². The second-order valence-electron chi connectivity index (χ2n) is 7.74. The summed E-state index contributed by atoms with van der Waals surface area (Å²) in [7, 11) is 0. The average molecular weight is 331 g/mol. The monoisotopic (exact) mass is 331 g/mol. The van der Waals surface area contributed by atoms with Crippen LogP contribution in [0, 0.1) is 29.1 Å². The van der Waals surface area contributed by atoms with E-state index < -0.39 is 0 Å². The van der Waals surface area contributed by atoms with Crippen LogP contribution in [0.5, 0.6) is 0 Å². The van der Waals surface area contributed by atoms with Crippen molar-refractivity contribution in [3.63, 3.8) is 0 Å². The lowest BCUT2D eigenvalue weighted by molar-refractivity contribution is -0.141. The fourth-order valence-corrected chi connectivity index (χ4v) is 5.50. The molecular formula is C20H17N3O2. The minimum atomic E-state index is -0.190. The molecule has 2 aromatic rings. The Morgan fingerprint density at radius 3 is 2.44 bits per heavy atom. The maximum absolute atomic E-state index is 12.9. The van der Waals surface area contributed by atoms with Crippen molar-refractivity contribution in [1.82, 2.24) is 9.99 Å². The molecule has 5 heteroatoms. The Kier molecular flexibility index (Phi) is 2.33. The van der Waals surface area contributed by atoms with Crippen molar-refractivity contribution in [2.75, 3.05) is 0 Å². The summed E-state index contributed by atoms with van der Waals surface area (Å²) in [5.41, 5.74) is 2.12. The number of nitrogens with zero attached hydrogens (tertiary/aromatic N) is 2. The molecule has 4 aliphatic rings. The van der Waals surface area contributed by atoms with Crippen LogP contribution in [-0.2, 0) is 9.59 Å². The topological polar surface area (TPSA) is 65.5 Å². The van der Waals surface area contributed by atoms with Crippen LogP contribution in [0.25, 0.3) is 10.9 Å². The van der Waals surface area contributed by atoms with E-state index in [4.69, 9.17) is 0 Å². The summed E-state index contributed by atoms with van der Waals surface area (Å²) >= 11 is 0. The highest BCUT2D eigenvalue weighted by Gasteiger charge is 2.73. The Balaban J connectivity index is 1.34. The Hall–Kier alpha value is -2.69. The van der Waals surface area contributed by atoms with Gasteiger partial charge in [-0.15, -0.1) is 0 Å². The molecule has 0 radical (unpaired) electrons. The SMILES string of the molecule is O=C1[C@@H]2[C@H](C(=O)N1/N=C\c1c[nH]c3ccccc13)[C@H]1C=C[C@H]2C12CC2. The number of aromatic amines is 1. The number of hydrogen-bond acceptors (Lipinski definition) is 3. The van der Waals surface area contributed by atoms with Gasteiger partial charge >= 0.3 is 0 Å². The second-order valence-corrected chi connectivity index (χ2v) is 7.74. The Bertz CT molecular complexity index is 963. The summed E-state index contributed by atoms with van der Waals surface area (Å²) in [6, 6.07) is 7.91. The van der Waals surface area contributed by atoms with Gasteiger partial charge < -0.3 is 4.98 Å². The molecule has 2 bridgehead atoms. The van der Waals surface area contributed by atoms with Crippen molar-refractivity contribution < 1.29 is 9.59 Å². The number of aromatic nitrogens is 1. The third-order valence-electron chi connectivity index (χ3n) is 6.76. The zero-order chi connectivity index (χ0) is 16.8. The number of amides is 2. The summed E-state index contributed by atoms with van der Waals surface area (Å²) in [5, 5.41) is 6.44. The number of imide groups is 1. The molecule has 1 N–H and O–H groups in total. The Morgan fingerprint density at radius 2 is 1.76 bits per heavy atom. The van der Waals surface area contributed by atoms with Gasteiger partial charge in [-0.25, -0.2) is 0 Å². The van der Waals surface area contributed by atoms with Gasteiger partial charge in [0, 0.05) is 22.7 Å². The molecule has 3 fully saturated rings. The highest BCUT2D eigenvalue weighted by Crippen LogP contribution is 2.73. The first-order valence-corrected chi connectivity index (χ1v) is 8.87. The molecule has 5 nitrogen and oxygen atoms in total. The minimum absolute atomic E-state index is 0.116. The van der Waals surface area contributed by atoms with E-state index in [1.54, 1.807) is 6.21 Å². The van der Waals surface area contributed by atoms with Crippen LogP contribution >= 0.6 is 0 Å². The fraction of sp³-hybridized carbons (Fsp3) is 0.350. The fourth-order valence-electron chi connectivity index (χ4n) is 5.50. The number of carbonyl (C=O) groups excluding carboxylic acids is 2. The number of nitrogens with one attached hydrogen (secondary N) is 1. The quantitative estimate of drug-likeness (QED) is 0.522. The van der Waals surface area contributed by atoms with E-state index in [-0.39, 0.29) is 40.9 Å². The van der Waals surface area contributed by atoms with Crippen molar-refractivity contribution in [3.8, 4) is 0 Å². The van der Waals surface area contributed by atoms with Gasteiger partial charge in [-0.1, -0.05) is 30.4 Å². The standard InChI is InChI=1S/C20H17N3O2/c24-18-16-13-5-6-14(20(13)7-8-20)17(16)19(25)23(18)22-10-11-9-21-15-4-2-1-3-12(11)15/h1-6,9-10,13-14,16-17,21H,7-8H2/b22-10-/t13-,14-,16-,17+/m1/s1. The van der Waals surface area contributed by atoms with Gasteiger partial charge in [0.2, 0.25) is 0 Å². The van der Waals surface area contributed by atoms with Gasteiger partial charge in [-0.05, 0) is 36.2 Å². The normalized spacial score (nSPS) is 34.2. The first-order chi connectivity index (χ1) is 12.2. The molecular weight excluding hydrogens is 314 g/mol. The Morgan fingerprint density at radius 1 is 1.08 bits per heavy atom. The summed E-state index contributed by atoms with van der Waals surface area (Å²) < 4.78 is 0. The lowest BCUT2D eigenvalue weighted by atomic mass is 9.85. The van der Waals surface area contributed by atoms with Crippen LogP contribution in [0.2, 0.25) is 0 Å². The zero-order valence-electron chi connectivity index (χ0n) is 13.6. The second kappa shape index (κ2) is 4.28. The average Bonchev–Trinajstić information content (AvgIpc) is 3.00. The third-order valence-corrected chi connectivity index (χ3v) is 6.76. The number of H-pyrrole nitrogens is 1. The summed E-state index contributed by atoms with van der Waals surface area (Å²) in [6.45, 7) is 0. The van der Waals surface area contributed by atoms with Gasteiger partial charge in [0.1, 0.15) is 0 Å². The van der Waals surface area contributed by atoms with Gasteiger partial charge in [-0.3, -0.25) is 9.59 Å². The molecule has 3 aliphatic carbocycles. The molecule has 124 valence electrons. The Labute approximate surface area is 144 Å². The summed E-state index contributed by atoms with van der Waals surface area (Å²) in [5.74, 6) is -0.127. The van der Waals surface area contributed by atoms with Gasteiger partial charge in [0.05, 0.1) is 18.1 Å². The van der Waals surface area contributed by atoms with E-state index >= 15 is 0 Å². The maximum Gasteiger partial charge on any atom is 0.254 e. The number of hydrazone groups is 1. The number of allylic oxidation sites excluding steroid dienone is 2. The zero-order valence-corrected chi connectivity index (χ0v) is 13.6. The molecule has 25 heavy (non-hydrogen) atoms. The molecule has 1 aromatic carbocycles. The van der Waals surface area contributed by atoms with E-state index in [9.17, 15) is 9.59 Å². The molecule has 0 unspecified atom stereocenters. The van der Waals surface area contributed by atoms with Crippen LogP contribution < -0.4 is 0 Å². The smallest absolute Gasteiger partial charge is 0.254 e. The van der Waals surface area contributed by atoms with Crippen LogP contribution in [0.1, 0.15) is 18.4 Å². The van der Waals surface area contributed by atoms with Crippen molar-refractivity contribution in [1.29, 1.82) is 0 Å². The van der Waals surface area contributed by atoms with Crippen molar-refractivity contribution >= 4 is 28.9 Å². The first kappa shape index (κ1) is 13.6. The van der Waals surface area contributed by atoms with E-state index in [1.165, 1.54) is 0 Å². The van der Waals surface area contributed by atoms with Crippen molar-refractivity contribution in [2.45, 2.75) is 12.8 Å². The highest BCUT2D eigenvalue weighted by atomic mass is 16.2. The van der Waals surface area contributed by atoms with E-state index in [0.29, 0.717) is 0 Å². The van der Waals surface area contributed by atoms with Gasteiger partial charge in [-0.2, -0.15) is 10.1 Å². The van der Waals surface area contributed by atoms with Crippen molar-refractivity contribution in [2.24, 2.45) is 34.2 Å². The minimum Gasteiger partial charge on any atom is -0.361 e. The molecule has 1 aliphatic heterocycles. The molecule has 1 aromatic heterocycles. The molecule has 4 atom stereocenters. The largest absolute Gasteiger partial charge is 0.361 e. The number of para-hydroxylation sites is 1.